The Morgan fingerprint density at radius 2 is 1.95 bits per heavy atom. The van der Waals surface area contributed by atoms with Gasteiger partial charge in [-0.1, -0.05) is 35.9 Å². The van der Waals surface area contributed by atoms with Crippen LogP contribution in [0.4, 0.5) is 8.78 Å². The van der Waals surface area contributed by atoms with Gasteiger partial charge >= 0.3 is 0 Å². The molecule has 0 saturated carbocycles. The topological polar surface area (TPSA) is 32.3 Å². The number of hydrogen-bond acceptors (Lipinski definition) is 2. The van der Waals surface area contributed by atoms with Gasteiger partial charge in [-0.05, 0) is 18.6 Å². The smallest absolute Gasteiger partial charge is 0.130 e. The van der Waals surface area contributed by atoms with Crippen molar-refractivity contribution in [2.75, 3.05) is 6.54 Å². The van der Waals surface area contributed by atoms with E-state index in [-0.39, 0.29) is 6.54 Å². The van der Waals surface area contributed by atoms with Crippen LogP contribution in [0.15, 0.2) is 42.5 Å². The van der Waals surface area contributed by atoms with Gasteiger partial charge in [0.05, 0.1) is 6.10 Å². The van der Waals surface area contributed by atoms with Crippen LogP contribution in [0.25, 0.3) is 0 Å². The lowest BCUT2D eigenvalue weighted by atomic mass is 10.1. The van der Waals surface area contributed by atoms with Crippen molar-refractivity contribution in [3.05, 3.63) is 70.8 Å². The van der Waals surface area contributed by atoms with Crippen molar-refractivity contribution in [2.24, 2.45) is 0 Å². The van der Waals surface area contributed by atoms with Crippen molar-refractivity contribution < 1.29 is 13.9 Å². The van der Waals surface area contributed by atoms with Crippen LogP contribution in [0.3, 0.4) is 0 Å². The van der Waals surface area contributed by atoms with E-state index >= 15 is 0 Å². The predicted molar refractivity (Wildman–Crippen MR) is 74.2 cm³/mol. The highest BCUT2D eigenvalue weighted by Crippen LogP contribution is 2.14. The Labute approximate surface area is 117 Å². The molecule has 0 aliphatic carbocycles. The highest BCUT2D eigenvalue weighted by Gasteiger charge is 2.08. The number of aliphatic hydroxyl groups is 1. The van der Waals surface area contributed by atoms with Crippen LogP contribution in [0, 0.1) is 18.6 Å². The summed E-state index contributed by atoms with van der Waals surface area (Å²) < 4.78 is 26.2. The van der Waals surface area contributed by atoms with E-state index in [0.29, 0.717) is 12.1 Å². The van der Waals surface area contributed by atoms with Gasteiger partial charge in [0.2, 0.25) is 0 Å². The quantitative estimate of drug-likeness (QED) is 0.880. The molecule has 0 bridgehead atoms. The second-order valence-electron chi connectivity index (χ2n) is 4.80. The minimum absolute atomic E-state index is 0.245. The molecule has 0 spiro atoms. The summed E-state index contributed by atoms with van der Waals surface area (Å²) in [6.45, 7) is 2.51. The molecule has 0 saturated heterocycles. The van der Waals surface area contributed by atoms with Crippen LogP contribution < -0.4 is 5.32 Å². The predicted octanol–water partition coefficient (Wildman–Crippen LogP) is 3.10. The highest BCUT2D eigenvalue weighted by molar-refractivity contribution is 5.24. The van der Waals surface area contributed by atoms with Crippen molar-refractivity contribution in [1.82, 2.24) is 5.32 Å². The molecule has 4 heteroatoms. The zero-order valence-electron chi connectivity index (χ0n) is 11.2. The maximum absolute atomic E-state index is 13.4. The molecule has 0 fully saturated rings. The van der Waals surface area contributed by atoms with E-state index in [1.54, 1.807) is 0 Å². The summed E-state index contributed by atoms with van der Waals surface area (Å²) in [7, 11) is 0. The summed E-state index contributed by atoms with van der Waals surface area (Å²) in [4.78, 5) is 0. The number of hydrogen-bond donors (Lipinski definition) is 2. The van der Waals surface area contributed by atoms with Gasteiger partial charge in [0.25, 0.3) is 0 Å². The first-order valence-electron chi connectivity index (χ1n) is 6.45. The van der Waals surface area contributed by atoms with Crippen LogP contribution in [0.2, 0.25) is 0 Å². The Hall–Kier alpha value is -1.78. The lowest BCUT2D eigenvalue weighted by Gasteiger charge is -2.13. The first-order chi connectivity index (χ1) is 9.56. The SMILES string of the molecule is Cc1cccc(C(O)CNCc2ccc(F)cc2F)c1. The Morgan fingerprint density at radius 1 is 1.15 bits per heavy atom. The first-order valence-corrected chi connectivity index (χ1v) is 6.45. The van der Waals surface area contributed by atoms with E-state index in [0.717, 1.165) is 17.2 Å². The van der Waals surface area contributed by atoms with Gasteiger partial charge in [0.1, 0.15) is 11.6 Å². The molecule has 1 atom stereocenters. The largest absolute Gasteiger partial charge is 0.387 e. The van der Waals surface area contributed by atoms with Gasteiger partial charge in [-0.15, -0.1) is 0 Å². The first kappa shape index (κ1) is 14.6. The fourth-order valence-electron chi connectivity index (χ4n) is 2.00. The number of nitrogens with one attached hydrogen (secondary N) is 1. The van der Waals surface area contributed by atoms with Gasteiger partial charge in [-0.25, -0.2) is 8.78 Å². The fourth-order valence-corrected chi connectivity index (χ4v) is 2.00. The Balaban J connectivity index is 1.89. The number of benzene rings is 2. The molecule has 2 nitrogen and oxygen atoms in total. The average Bonchev–Trinajstić information content (AvgIpc) is 2.41. The minimum Gasteiger partial charge on any atom is -0.387 e. The van der Waals surface area contributed by atoms with Gasteiger partial charge in [0, 0.05) is 24.7 Å². The van der Waals surface area contributed by atoms with Crippen LogP contribution in [-0.2, 0) is 6.54 Å². The molecular formula is C16H17F2NO. The summed E-state index contributed by atoms with van der Waals surface area (Å²) in [6.07, 6.45) is -0.654. The van der Waals surface area contributed by atoms with Gasteiger partial charge < -0.3 is 10.4 Å². The van der Waals surface area contributed by atoms with Crippen molar-refractivity contribution in [3.8, 4) is 0 Å². The fraction of sp³-hybridized carbons (Fsp3) is 0.250. The molecule has 20 heavy (non-hydrogen) atoms. The molecule has 0 aliphatic rings. The summed E-state index contributed by atoms with van der Waals surface area (Å²) in [5, 5.41) is 13.0. The molecule has 2 rings (SSSR count). The minimum atomic E-state index is -0.654. The molecule has 0 heterocycles. The highest BCUT2D eigenvalue weighted by atomic mass is 19.1. The van der Waals surface area contributed by atoms with Crippen molar-refractivity contribution in [2.45, 2.75) is 19.6 Å². The normalized spacial score (nSPS) is 12.4. The van der Waals surface area contributed by atoms with E-state index in [1.165, 1.54) is 12.1 Å². The number of rotatable bonds is 5. The maximum atomic E-state index is 13.4. The van der Waals surface area contributed by atoms with E-state index < -0.39 is 17.7 Å². The molecule has 0 amide bonds. The van der Waals surface area contributed by atoms with Gasteiger partial charge in [-0.2, -0.15) is 0 Å². The third-order valence-electron chi connectivity index (χ3n) is 3.10. The van der Waals surface area contributed by atoms with E-state index in [4.69, 9.17) is 0 Å². The summed E-state index contributed by atoms with van der Waals surface area (Å²) in [6, 6.07) is 11.1. The third kappa shape index (κ3) is 3.85. The molecule has 0 aromatic heterocycles. The second-order valence-corrected chi connectivity index (χ2v) is 4.80. The molecule has 106 valence electrons. The number of aryl methyl sites for hydroxylation is 1. The van der Waals surface area contributed by atoms with E-state index in [1.807, 2.05) is 31.2 Å². The van der Waals surface area contributed by atoms with Crippen LogP contribution in [-0.4, -0.2) is 11.7 Å². The molecule has 2 aromatic rings. The Bertz CT molecular complexity index is 586. The monoisotopic (exact) mass is 277 g/mol. The molecule has 2 aromatic carbocycles. The number of halogens is 2. The average molecular weight is 277 g/mol. The van der Waals surface area contributed by atoms with Crippen molar-refractivity contribution in [1.29, 1.82) is 0 Å². The zero-order valence-corrected chi connectivity index (χ0v) is 11.2. The Kier molecular flexibility index (Phi) is 4.82. The molecular weight excluding hydrogens is 260 g/mol. The second kappa shape index (κ2) is 6.59. The standard InChI is InChI=1S/C16H17F2NO/c1-11-3-2-4-12(7-11)16(20)10-19-9-13-5-6-14(17)8-15(13)18/h2-8,16,19-20H,9-10H2,1H3. The van der Waals surface area contributed by atoms with Crippen LogP contribution in [0.5, 0.6) is 0 Å². The summed E-state index contributed by atoms with van der Waals surface area (Å²) in [5.41, 5.74) is 2.27. The summed E-state index contributed by atoms with van der Waals surface area (Å²) >= 11 is 0. The third-order valence-corrected chi connectivity index (χ3v) is 3.10. The van der Waals surface area contributed by atoms with Crippen LogP contribution in [0.1, 0.15) is 22.8 Å². The van der Waals surface area contributed by atoms with Gasteiger partial charge in [0.15, 0.2) is 0 Å². The molecule has 0 aliphatic heterocycles. The maximum Gasteiger partial charge on any atom is 0.130 e. The number of aliphatic hydroxyl groups excluding tert-OH is 1. The molecule has 2 N–H and O–H groups in total. The zero-order chi connectivity index (χ0) is 14.5. The summed E-state index contributed by atoms with van der Waals surface area (Å²) in [5.74, 6) is -1.17. The van der Waals surface area contributed by atoms with Gasteiger partial charge in [-0.3, -0.25) is 0 Å². The lowest BCUT2D eigenvalue weighted by Crippen LogP contribution is -2.21. The van der Waals surface area contributed by atoms with Crippen molar-refractivity contribution in [3.63, 3.8) is 0 Å². The lowest BCUT2D eigenvalue weighted by molar-refractivity contribution is 0.174. The molecule has 1 unspecified atom stereocenters. The van der Waals surface area contributed by atoms with E-state index in [2.05, 4.69) is 5.32 Å². The molecule has 0 radical (unpaired) electrons. The van der Waals surface area contributed by atoms with E-state index in [9.17, 15) is 13.9 Å². The van der Waals surface area contributed by atoms with Crippen molar-refractivity contribution >= 4 is 0 Å². The van der Waals surface area contributed by atoms with Crippen LogP contribution >= 0.6 is 0 Å². The Morgan fingerprint density at radius 3 is 2.65 bits per heavy atom.